The van der Waals surface area contributed by atoms with Crippen molar-refractivity contribution in [1.82, 2.24) is 19.8 Å². The van der Waals surface area contributed by atoms with Crippen LogP contribution >= 0.6 is 0 Å². The second-order valence-electron chi connectivity index (χ2n) is 9.06. The summed E-state index contributed by atoms with van der Waals surface area (Å²) in [5.41, 5.74) is 4.39. The third-order valence-electron chi connectivity index (χ3n) is 6.88. The Morgan fingerprint density at radius 3 is 2.82 bits per heavy atom. The summed E-state index contributed by atoms with van der Waals surface area (Å²) in [4.78, 5) is 22.4. The highest BCUT2D eigenvalue weighted by atomic mass is 16.5. The summed E-state index contributed by atoms with van der Waals surface area (Å²) in [6.45, 7) is 6.82. The van der Waals surface area contributed by atoms with E-state index in [1.165, 1.54) is 0 Å². The number of aromatic nitrogens is 2. The Hall–Kier alpha value is -2.90. The standard InChI is InChI=1S/C26H33N5O2/c1-29-24-10-3-2-9-23(24)28-25(29)20-6-4-8-22(18-20)31-12-5-7-21(19-31)26(32)27-11-13-30-14-16-33-17-15-30/h2-4,6,8-10,18,21H,5,7,11-17,19H2,1H3,(H,27,32)/t21-/m0/s1. The summed E-state index contributed by atoms with van der Waals surface area (Å²) in [6, 6.07) is 16.8. The number of rotatable bonds is 6. The molecule has 0 spiro atoms. The third-order valence-corrected chi connectivity index (χ3v) is 6.88. The van der Waals surface area contributed by atoms with Gasteiger partial charge in [0.2, 0.25) is 5.91 Å². The van der Waals surface area contributed by atoms with Crippen LogP contribution < -0.4 is 10.2 Å². The average molecular weight is 448 g/mol. The van der Waals surface area contributed by atoms with Crippen LogP contribution in [-0.2, 0) is 16.6 Å². The highest BCUT2D eigenvalue weighted by molar-refractivity contribution is 5.81. The molecule has 3 aromatic rings. The maximum Gasteiger partial charge on any atom is 0.224 e. The highest BCUT2D eigenvalue weighted by Gasteiger charge is 2.26. The number of hydrogen-bond donors (Lipinski definition) is 1. The van der Waals surface area contributed by atoms with E-state index in [-0.39, 0.29) is 11.8 Å². The predicted octanol–water partition coefficient (Wildman–Crippen LogP) is 2.91. The Bertz CT molecular complexity index is 1110. The van der Waals surface area contributed by atoms with Crippen molar-refractivity contribution < 1.29 is 9.53 Å². The first-order chi connectivity index (χ1) is 16.2. The highest BCUT2D eigenvalue weighted by Crippen LogP contribution is 2.29. The van der Waals surface area contributed by atoms with E-state index in [1.54, 1.807) is 0 Å². The van der Waals surface area contributed by atoms with Gasteiger partial charge >= 0.3 is 0 Å². The number of morpholine rings is 1. The van der Waals surface area contributed by atoms with E-state index in [0.717, 1.165) is 86.9 Å². The SMILES string of the molecule is Cn1c(-c2cccc(N3CCC[C@H](C(=O)NCCN4CCOCC4)C3)c2)nc2ccccc21. The number of benzene rings is 2. The molecule has 1 atom stereocenters. The van der Waals surface area contributed by atoms with Crippen molar-refractivity contribution in [3.8, 4) is 11.4 Å². The fourth-order valence-electron chi connectivity index (χ4n) is 4.98. The molecule has 5 rings (SSSR count). The number of aryl methyl sites for hydroxylation is 1. The first kappa shape index (κ1) is 21.9. The number of para-hydroxylation sites is 2. The lowest BCUT2D eigenvalue weighted by atomic mass is 9.96. The molecule has 0 bridgehead atoms. The maximum atomic E-state index is 12.9. The van der Waals surface area contributed by atoms with Crippen molar-refractivity contribution in [2.75, 3.05) is 57.4 Å². The number of amides is 1. The van der Waals surface area contributed by atoms with Crippen molar-refractivity contribution in [2.24, 2.45) is 13.0 Å². The van der Waals surface area contributed by atoms with Crippen LogP contribution in [0.3, 0.4) is 0 Å². The van der Waals surface area contributed by atoms with Crippen LogP contribution in [-0.4, -0.2) is 72.8 Å². The van der Waals surface area contributed by atoms with Crippen LogP contribution in [0.5, 0.6) is 0 Å². The lowest BCUT2D eigenvalue weighted by molar-refractivity contribution is -0.125. The molecule has 0 saturated carbocycles. The molecule has 1 aromatic heterocycles. The minimum Gasteiger partial charge on any atom is -0.379 e. The van der Waals surface area contributed by atoms with Crippen molar-refractivity contribution in [2.45, 2.75) is 12.8 Å². The van der Waals surface area contributed by atoms with E-state index in [1.807, 2.05) is 12.1 Å². The molecule has 2 saturated heterocycles. The summed E-state index contributed by atoms with van der Waals surface area (Å²) < 4.78 is 7.54. The molecule has 0 aliphatic carbocycles. The normalized spacial score (nSPS) is 19.7. The van der Waals surface area contributed by atoms with Gasteiger partial charge in [-0.3, -0.25) is 9.69 Å². The number of anilines is 1. The summed E-state index contributed by atoms with van der Waals surface area (Å²) in [6.07, 6.45) is 1.97. The number of nitrogens with one attached hydrogen (secondary N) is 1. The number of carbonyl (C=O) groups is 1. The molecule has 174 valence electrons. The third kappa shape index (κ3) is 4.89. The number of nitrogens with zero attached hydrogens (tertiary/aromatic N) is 4. The minimum atomic E-state index is 0.0304. The van der Waals surface area contributed by atoms with Crippen LogP contribution in [0.2, 0.25) is 0 Å². The number of imidazole rings is 1. The molecule has 7 heteroatoms. The quantitative estimate of drug-likeness (QED) is 0.630. The topological polar surface area (TPSA) is 62.6 Å². The lowest BCUT2D eigenvalue weighted by Gasteiger charge is -2.34. The molecule has 3 heterocycles. The van der Waals surface area contributed by atoms with Crippen LogP contribution in [0.1, 0.15) is 12.8 Å². The van der Waals surface area contributed by atoms with E-state index in [0.29, 0.717) is 6.54 Å². The minimum absolute atomic E-state index is 0.0304. The summed E-state index contributed by atoms with van der Waals surface area (Å²) in [5.74, 6) is 1.18. The van der Waals surface area contributed by atoms with E-state index in [9.17, 15) is 4.79 Å². The van der Waals surface area contributed by atoms with Crippen molar-refractivity contribution in [3.63, 3.8) is 0 Å². The van der Waals surface area contributed by atoms with Gasteiger partial charge in [-0.2, -0.15) is 0 Å². The van der Waals surface area contributed by atoms with Crippen LogP contribution in [0.4, 0.5) is 5.69 Å². The number of ether oxygens (including phenoxy) is 1. The molecule has 0 radical (unpaired) electrons. The van der Waals surface area contributed by atoms with Gasteiger partial charge in [0.05, 0.1) is 30.2 Å². The first-order valence-corrected chi connectivity index (χ1v) is 12.0. The molecule has 33 heavy (non-hydrogen) atoms. The summed E-state index contributed by atoms with van der Waals surface area (Å²) in [7, 11) is 2.06. The Morgan fingerprint density at radius 1 is 1.12 bits per heavy atom. The first-order valence-electron chi connectivity index (χ1n) is 12.0. The van der Waals surface area contributed by atoms with Gasteiger partial charge in [0.25, 0.3) is 0 Å². The van der Waals surface area contributed by atoms with Gasteiger partial charge in [0.1, 0.15) is 5.82 Å². The zero-order valence-electron chi connectivity index (χ0n) is 19.4. The Labute approximate surface area is 195 Å². The fraction of sp³-hybridized carbons (Fsp3) is 0.462. The molecule has 2 aromatic carbocycles. The Morgan fingerprint density at radius 2 is 1.97 bits per heavy atom. The largest absolute Gasteiger partial charge is 0.379 e. The average Bonchev–Trinajstić information content (AvgIpc) is 3.21. The second kappa shape index (κ2) is 9.93. The molecular formula is C26H33N5O2. The maximum absolute atomic E-state index is 12.9. The Balaban J connectivity index is 1.24. The number of fused-ring (bicyclic) bond motifs is 1. The zero-order chi connectivity index (χ0) is 22.6. The number of piperidine rings is 1. The van der Waals surface area contributed by atoms with Crippen molar-refractivity contribution in [3.05, 3.63) is 48.5 Å². The molecule has 1 amide bonds. The molecule has 2 aliphatic rings. The molecule has 7 nitrogen and oxygen atoms in total. The summed E-state index contributed by atoms with van der Waals surface area (Å²) >= 11 is 0. The van der Waals surface area contributed by atoms with Gasteiger partial charge in [-0.05, 0) is 37.1 Å². The van der Waals surface area contributed by atoms with Crippen LogP contribution in [0.25, 0.3) is 22.4 Å². The molecule has 2 fully saturated rings. The van der Waals surface area contributed by atoms with Gasteiger partial charge in [0, 0.05) is 57.6 Å². The van der Waals surface area contributed by atoms with Gasteiger partial charge in [-0.1, -0.05) is 24.3 Å². The molecule has 0 unspecified atom stereocenters. The van der Waals surface area contributed by atoms with E-state index >= 15 is 0 Å². The number of carbonyl (C=O) groups excluding carboxylic acids is 1. The van der Waals surface area contributed by atoms with Crippen molar-refractivity contribution >= 4 is 22.6 Å². The van der Waals surface area contributed by atoms with Crippen molar-refractivity contribution in [1.29, 1.82) is 0 Å². The Kier molecular flexibility index (Phi) is 6.60. The fourth-order valence-corrected chi connectivity index (χ4v) is 4.98. The van der Waals surface area contributed by atoms with E-state index in [2.05, 4.69) is 63.1 Å². The van der Waals surface area contributed by atoms with Gasteiger partial charge in [-0.25, -0.2) is 4.98 Å². The summed E-state index contributed by atoms with van der Waals surface area (Å²) in [5, 5.41) is 3.17. The van der Waals surface area contributed by atoms with E-state index < -0.39 is 0 Å². The van der Waals surface area contributed by atoms with E-state index in [4.69, 9.17) is 9.72 Å². The monoisotopic (exact) mass is 447 g/mol. The van der Waals surface area contributed by atoms with Crippen LogP contribution in [0.15, 0.2) is 48.5 Å². The van der Waals surface area contributed by atoms with Gasteiger partial charge < -0.3 is 19.5 Å². The lowest BCUT2D eigenvalue weighted by Crippen LogP contribution is -2.46. The zero-order valence-corrected chi connectivity index (χ0v) is 19.4. The van der Waals surface area contributed by atoms with Gasteiger partial charge in [-0.15, -0.1) is 0 Å². The molecular weight excluding hydrogens is 414 g/mol. The van der Waals surface area contributed by atoms with Crippen LogP contribution in [0, 0.1) is 5.92 Å². The number of hydrogen-bond acceptors (Lipinski definition) is 5. The predicted molar refractivity (Wildman–Crippen MR) is 131 cm³/mol. The molecule has 1 N–H and O–H groups in total. The molecule has 2 aliphatic heterocycles. The van der Waals surface area contributed by atoms with Gasteiger partial charge in [0.15, 0.2) is 0 Å². The second-order valence-corrected chi connectivity index (χ2v) is 9.06. The smallest absolute Gasteiger partial charge is 0.224 e.